The summed E-state index contributed by atoms with van der Waals surface area (Å²) in [5, 5.41) is 2.85. The van der Waals surface area contributed by atoms with Crippen LogP contribution in [0.25, 0.3) is 6.08 Å². The van der Waals surface area contributed by atoms with Gasteiger partial charge in [-0.25, -0.2) is 0 Å². The Morgan fingerprint density at radius 2 is 1.83 bits per heavy atom. The van der Waals surface area contributed by atoms with Crippen molar-refractivity contribution in [3.8, 4) is 0 Å². The second kappa shape index (κ2) is 6.48. The first kappa shape index (κ1) is 15.0. The lowest BCUT2D eigenvalue weighted by atomic mass is 10.1. The fraction of sp³-hybridized carbons (Fsp3) is 0.158. The number of fused-ring (bicyclic) bond motifs is 1. The molecule has 0 aromatic heterocycles. The molecule has 23 heavy (non-hydrogen) atoms. The number of rotatable bonds is 2. The van der Waals surface area contributed by atoms with Crippen molar-refractivity contribution in [3.05, 3.63) is 66.2 Å². The van der Waals surface area contributed by atoms with E-state index in [0.717, 1.165) is 11.3 Å². The minimum atomic E-state index is -0.202. The van der Waals surface area contributed by atoms with E-state index in [1.807, 2.05) is 61.5 Å². The first-order chi connectivity index (χ1) is 11.1. The number of nitrogens with zero attached hydrogens (tertiary/aromatic N) is 1. The minimum absolute atomic E-state index is 0.0766. The maximum absolute atomic E-state index is 12.7. The molecule has 1 aliphatic heterocycles. The van der Waals surface area contributed by atoms with E-state index in [2.05, 4.69) is 5.32 Å². The molecule has 0 unspecified atom stereocenters. The van der Waals surface area contributed by atoms with Crippen LogP contribution in [-0.2, 0) is 9.59 Å². The number of hydrogen-bond acceptors (Lipinski definition) is 2. The summed E-state index contributed by atoms with van der Waals surface area (Å²) in [7, 11) is 0. The Morgan fingerprint density at radius 3 is 2.61 bits per heavy atom. The summed E-state index contributed by atoms with van der Waals surface area (Å²) in [6.45, 7) is 1.88. The predicted molar refractivity (Wildman–Crippen MR) is 92.1 cm³/mol. The highest BCUT2D eigenvalue weighted by atomic mass is 16.2. The van der Waals surface area contributed by atoms with Crippen LogP contribution in [0.3, 0.4) is 0 Å². The minimum Gasteiger partial charge on any atom is -0.324 e. The van der Waals surface area contributed by atoms with Crippen LogP contribution in [0.1, 0.15) is 18.9 Å². The first-order valence-corrected chi connectivity index (χ1v) is 7.60. The molecule has 1 N–H and O–H groups in total. The molecule has 0 radical (unpaired) electrons. The molecule has 0 aliphatic carbocycles. The summed E-state index contributed by atoms with van der Waals surface area (Å²) in [6, 6.07) is 16.8. The number of hydrogen-bond donors (Lipinski definition) is 1. The van der Waals surface area contributed by atoms with Crippen LogP contribution in [0.2, 0.25) is 0 Å². The molecule has 2 aromatic rings. The van der Waals surface area contributed by atoms with Gasteiger partial charge >= 0.3 is 0 Å². The van der Waals surface area contributed by atoms with Crippen molar-refractivity contribution in [1.82, 2.24) is 0 Å². The summed E-state index contributed by atoms with van der Waals surface area (Å²) in [4.78, 5) is 26.3. The van der Waals surface area contributed by atoms with Crippen LogP contribution < -0.4 is 10.2 Å². The molecule has 1 heterocycles. The highest BCUT2D eigenvalue weighted by Crippen LogP contribution is 2.31. The van der Waals surface area contributed by atoms with Crippen LogP contribution in [0.15, 0.2) is 60.7 Å². The molecular weight excluding hydrogens is 288 g/mol. The SMILES string of the molecule is C[C@@H]1CC(=O)Nc2ccccc2N1C(=O)/C=C\c1ccccc1. The van der Waals surface area contributed by atoms with E-state index in [9.17, 15) is 9.59 Å². The summed E-state index contributed by atoms with van der Waals surface area (Å²) >= 11 is 0. The number of benzene rings is 2. The van der Waals surface area contributed by atoms with Crippen molar-refractivity contribution >= 4 is 29.3 Å². The van der Waals surface area contributed by atoms with Gasteiger partial charge in [-0.05, 0) is 30.7 Å². The molecule has 4 nitrogen and oxygen atoms in total. The van der Waals surface area contributed by atoms with Crippen molar-refractivity contribution in [2.75, 3.05) is 10.2 Å². The summed E-state index contributed by atoms with van der Waals surface area (Å²) < 4.78 is 0. The van der Waals surface area contributed by atoms with Gasteiger partial charge in [-0.15, -0.1) is 0 Å². The average molecular weight is 306 g/mol. The monoisotopic (exact) mass is 306 g/mol. The van der Waals surface area contributed by atoms with E-state index in [1.54, 1.807) is 17.1 Å². The molecule has 0 spiro atoms. The van der Waals surface area contributed by atoms with Gasteiger partial charge in [0.05, 0.1) is 11.4 Å². The Labute approximate surface area is 135 Å². The largest absolute Gasteiger partial charge is 0.324 e. The van der Waals surface area contributed by atoms with Crippen molar-refractivity contribution in [2.45, 2.75) is 19.4 Å². The number of nitrogens with one attached hydrogen (secondary N) is 1. The number of amides is 2. The molecule has 3 rings (SSSR count). The Bertz CT molecular complexity index is 753. The third-order valence-electron chi connectivity index (χ3n) is 3.81. The number of anilines is 2. The smallest absolute Gasteiger partial charge is 0.251 e. The van der Waals surface area contributed by atoms with Gasteiger partial charge < -0.3 is 10.2 Å². The van der Waals surface area contributed by atoms with Crippen LogP contribution in [0.4, 0.5) is 11.4 Å². The van der Waals surface area contributed by atoms with Crippen LogP contribution in [0, 0.1) is 0 Å². The number of para-hydroxylation sites is 2. The van der Waals surface area contributed by atoms with Gasteiger partial charge in [-0.3, -0.25) is 9.59 Å². The molecule has 2 aromatic carbocycles. The highest BCUT2D eigenvalue weighted by molar-refractivity contribution is 6.09. The molecule has 4 heteroatoms. The topological polar surface area (TPSA) is 49.4 Å². The lowest BCUT2D eigenvalue weighted by Crippen LogP contribution is -2.37. The van der Waals surface area contributed by atoms with Crippen LogP contribution >= 0.6 is 0 Å². The van der Waals surface area contributed by atoms with Crippen molar-refractivity contribution in [1.29, 1.82) is 0 Å². The number of carbonyl (C=O) groups is 2. The molecule has 1 atom stereocenters. The summed E-state index contributed by atoms with van der Waals surface area (Å²) in [6.07, 6.45) is 3.62. The summed E-state index contributed by atoms with van der Waals surface area (Å²) in [5.41, 5.74) is 2.36. The molecule has 0 bridgehead atoms. The Kier molecular flexibility index (Phi) is 4.24. The van der Waals surface area contributed by atoms with E-state index in [-0.39, 0.29) is 24.3 Å². The quantitative estimate of drug-likeness (QED) is 0.864. The zero-order chi connectivity index (χ0) is 16.2. The molecule has 0 saturated carbocycles. The molecule has 2 amide bonds. The maximum atomic E-state index is 12.7. The second-order valence-corrected chi connectivity index (χ2v) is 5.57. The van der Waals surface area contributed by atoms with E-state index in [0.29, 0.717) is 5.69 Å². The number of carbonyl (C=O) groups excluding carboxylic acids is 2. The molecule has 0 saturated heterocycles. The van der Waals surface area contributed by atoms with Gasteiger partial charge in [-0.2, -0.15) is 0 Å². The lowest BCUT2D eigenvalue weighted by molar-refractivity contribution is -0.116. The molecular formula is C19H18N2O2. The van der Waals surface area contributed by atoms with E-state index < -0.39 is 0 Å². The van der Waals surface area contributed by atoms with Crippen molar-refractivity contribution in [2.24, 2.45) is 0 Å². The Hall–Kier alpha value is -2.88. The summed E-state index contributed by atoms with van der Waals surface area (Å²) in [5.74, 6) is -0.211. The van der Waals surface area contributed by atoms with Crippen LogP contribution in [0.5, 0.6) is 0 Å². The molecule has 1 aliphatic rings. The van der Waals surface area contributed by atoms with Crippen LogP contribution in [-0.4, -0.2) is 17.9 Å². The standard InChI is InChI=1S/C19H18N2O2/c1-14-13-18(22)20-16-9-5-6-10-17(16)21(14)19(23)12-11-15-7-3-2-4-8-15/h2-12,14H,13H2,1H3,(H,20,22)/b12-11-/t14-/m1/s1. The fourth-order valence-electron chi connectivity index (χ4n) is 2.74. The van der Waals surface area contributed by atoms with E-state index in [1.165, 1.54) is 0 Å². The molecule has 0 fully saturated rings. The second-order valence-electron chi connectivity index (χ2n) is 5.57. The lowest BCUT2D eigenvalue weighted by Gasteiger charge is -2.26. The van der Waals surface area contributed by atoms with Gasteiger partial charge in [0.25, 0.3) is 5.91 Å². The van der Waals surface area contributed by atoms with Gasteiger partial charge in [-0.1, -0.05) is 42.5 Å². The predicted octanol–water partition coefficient (Wildman–Crippen LogP) is 3.46. The zero-order valence-corrected chi connectivity index (χ0v) is 12.9. The zero-order valence-electron chi connectivity index (χ0n) is 12.9. The first-order valence-electron chi connectivity index (χ1n) is 7.60. The Balaban J connectivity index is 1.92. The van der Waals surface area contributed by atoms with Gasteiger partial charge in [0.15, 0.2) is 0 Å². The normalized spacial score (nSPS) is 17.5. The Morgan fingerprint density at radius 1 is 1.13 bits per heavy atom. The van der Waals surface area contributed by atoms with Gasteiger partial charge in [0, 0.05) is 18.5 Å². The van der Waals surface area contributed by atoms with Gasteiger partial charge in [0.2, 0.25) is 5.91 Å². The maximum Gasteiger partial charge on any atom is 0.251 e. The van der Waals surface area contributed by atoms with Crippen molar-refractivity contribution in [3.63, 3.8) is 0 Å². The average Bonchev–Trinajstić information content (AvgIpc) is 2.68. The highest BCUT2D eigenvalue weighted by Gasteiger charge is 2.28. The van der Waals surface area contributed by atoms with E-state index >= 15 is 0 Å². The fourth-order valence-corrected chi connectivity index (χ4v) is 2.74. The van der Waals surface area contributed by atoms with Crippen molar-refractivity contribution < 1.29 is 9.59 Å². The van der Waals surface area contributed by atoms with E-state index in [4.69, 9.17) is 0 Å². The van der Waals surface area contributed by atoms with Gasteiger partial charge in [0.1, 0.15) is 0 Å². The third-order valence-corrected chi connectivity index (χ3v) is 3.81. The third kappa shape index (κ3) is 3.31. The molecule has 116 valence electrons.